The number of thioether (sulfide) groups is 1. The molecule has 1 heterocycles. The number of benzene rings is 1. The molecule has 1 unspecified atom stereocenters. The monoisotopic (exact) mass is 316 g/mol. The molecule has 5 nitrogen and oxygen atoms in total. The molecule has 0 saturated carbocycles. The maximum absolute atomic E-state index is 13.0. The van der Waals surface area contributed by atoms with Crippen LogP contribution in [-0.2, 0) is 9.59 Å². The standard InChI is InChI=1S/C13H14F2N2O3S/c14-9-2-1-8(5-10(9)15)16-12(18)6-17-3-4-21-7-11(17)13(19)20/h1-2,5,11H,3-4,6-7H2,(H,16,18)(H,19,20). The summed E-state index contributed by atoms with van der Waals surface area (Å²) in [6.45, 7) is 0.392. The van der Waals surface area contributed by atoms with E-state index in [0.29, 0.717) is 12.3 Å². The molecule has 1 aromatic rings. The number of carbonyl (C=O) groups excluding carboxylic acids is 1. The van der Waals surface area contributed by atoms with E-state index in [0.717, 1.165) is 17.9 Å². The van der Waals surface area contributed by atoms with Crippen molar-refractivity contribution in [3.05, 3.63) is 29.8 Å². The van der Waals surface area contributed by atoms with Crippen molar-refractivity contribution in [3.8, 4) is 0 Å². The van der Waals surface area contributed by atoms with E-state index >= 15 is 0 Å². The molecule has 0 spiro atoms. The molecule has 0 bridgehead atoms. The van der Waals surface area contributed by atoms with Crippen LogP contribution in [0.3, 0.4) is 0 Å². The topological polar surface area (TPSA) is 69.6 Å². The highest BCUT2D eigenvalue weighted by atomic mass is 32.2. The number of hydrogen-bond acceptors (Lipinski definition) is 4. The van der Waals surface area contributed by atoms with Gasteiger partial charge >= 0.3 is 5.97 Å². The Morgan fingerprint density at radius 1 is 1.38 bits per heavy atom. The van der Waals surface area contributed by atoms with Crippen LogP contribution in [0.5, 0.6) is 0 Å². The Labute approximate surface area is 124 Å². The maximum Gasteiger partial charge on any atom is 0.321 e. The van der Waals surface area contributed by atoms with Crippen LogP contribution in [0.15, 0.2) is 18.2 Å². The van der Waals surface area contributed by atoms with Crippen molar-refractivity contribution in [1.29, 1.82) is 0 Å². The molecule has 21 heavy (non-hydrogen) atoms. The number of anilines is 1. The average Bonchev–Trinajstić information content (AvgIpc) is 2.43. The van der Waals surface area contributed by atoms with Crippen molar-refractivity contribution in [2.24, 2.45) is 0 Å². The van der Waals surface area contributed by atoms with Crippen LogP contribution in [0.4, 0.5) is 14.5 Å². The van der Waals surface area contributed by atoms with Gasteiger partial charge in [0.2, 0.25) is 5.91 Å². The summed E-state index contributed by atoms with van der Waals surface area (Å²) in [4.78, 5) is 24.5. The molecule has 0 radical (unpaired) electrons. The van der Waals surface area contributed by atoms with Gasteiger partial charge in [-0.3, -0.25) is 14.5 Å². The number of rotatable bonds is 4. The lowest BCUT2D eigenvalue weighted by Gasteiger charge is -2.31. The number of amides is 1. The molecule has 8 heteroatoms. The number of halogens is 2. The van der Waals surface area contributed by atoms with Gasteiger partial charge in [-0.05, 0) is 12.1 Å². The lowest BCUT2D eigenvalue weighted by Crippen LogP contribution is -2.50. The van der Waals surface area contributed by atoms with Crippen molar-refractivity contribution in [2.45, 2.75) is 6.04 Å². The summed E-state index contributed by atoms with van der Waals surface area (Å²) in [7, 11) is 0. The number of carboxylic acids is 1. The highest BCUT2D eigenvalue weighted by Gasteiger charge is 2.30. The van der Waals surface area contributed by atoms with Gasteiger partial charge in [-0.1, -0.05) is 0 Å². The van der Waals surface area contributed by atoms with Gasteiger partial charge in [0.15, 0.2) is 11.6 Å². The molecule has 2 N–H and O–H groups in total. The second-order valence-electron chi connectivity index (χ2n) is 4.58. The Bertz CT molecular complexity index is 556. The highest BCUT2D eigenvalue weighted by Crippen LogP contribution is 2.17. The Kier molecular flexibility index (Phi) is 5.13. The molecule has 1 aromatic carbocycles. The number of carbonyl (C=O) groups is 2. The minimum absolute atomic E-state index is 0.101. The molecule has 1 atom stereocenters. The predicted octanol–water partition coefficient (Wildman–Crippen LogP) is 1.41. The maximum atomic E-state index is 13.0. The normalized spacial score (nSPS) is 19.2. The molecule has 114 valence electrons. The molecular formula is C13H14F2N2O3S. The lowest BCUT2D eigenvalue weighted by molar-refractivity contribution is -0.142. The number of nitrogens with zero attached hydrogens (tertiary/aromatic N) is 1. The van der Waals surface area contributed by atoms with E-state index in [-0.39, 0.29) is 12.2 Å². The fraction of sp³-hybridized carbons (Fsp3) is 0.385. The predicted molar refractivity (Wildman–Crippen MR) is 75.3 cm³/mol. The third-order valence-corrected chi connectivity index (χ3v) is 4.10. The fourth-order valence-electron chi connectivity index (χ4n) is 2.01. The van der Waals surface area contributed by atoms with E-state index < -0.39 is 29.6 Å². The summed E-state index contributed by atoms with van der Waals surface area (Å²) < 4.78 is 25.8. The third kappa shape index (κ3) is 4.15. The van der Waals surface area contributed by atoms with Crippen molar-refractivity contribution in [3.63, 3.8) is 0 Å². The molecule has 1 saturated heterocycles. The number of hydrogen-bond donors (Lipinski definition) is 2. The Morgan fingerprint density at radius 2 is 2.14 bits per heavy atom. The molecule has 1 amide bonds. The van der Waals surface area contributed by atoms with Crippen LogP contribution < -0.4 is 5.32 Å². The summed E-state index contributed by atoms with van der Waals surface area (Å²) in [5.74, 6) is -2.30. The summed E-state index contributed by atoms with van der Waals surface area (Å²) in [5.41, 5.74) is 0.136. The molecule has 2 rings (SSSR count). The molecule has 1 aliphatic rings. The van der Waals surface area contributed by atoms with Gasteiger partial charge in [0.05, 0.1) is 6.54 Å². The van der Waals surface area contributed by atoms with Crippen molar-refractivity contribution in [2.75, 3.05) is 29.9 Å². The minimum Gasteiger partial charge on any atom is -0.480 e. The van der Waals surface area contributed by atoms with E-state index in [9.17, 15) is 18.4 Å². The quantitative estimate of drug-likeness (QED) is 0.879. The smallest absolute Gasteiger partial charge is 0.321 e. The Hall–Kier alpha value is -1.67. The van der Waals surface area contributed by atoms with Crippen molar-refractivity contribution >= 4 is 29.3 Å². The van der Waals surface area contributed by atoms with E-state index in [2.05, 4.69) is 5.32 Å². The first-order chi connectivity index (χ1) is 9.97. The van der Waals surface area contributed by atoms with Gasteiger partial charge in [-0.2, -0.15) is 11.8 Å². The molecule has 1 aliphatic heterocycles. The molecular weight excluding hydrogens is 302 g/mol. The number of nitrogens with one attached hydrogen (secondary N) is 1. The first kappa shape index (κ1) is 15.7. The zero-order valence-corrected chi connectivity index (χ0v) is 11.8. The Morgan fingerprint density at radius 3 is 2.81 bits per heavy atom. The van der Waals surface area contributed by atoms with Crippen LogP contribution in [0.25, 0.3) is 0 Å². The van der Waals surface area contributed by atoms with Crippen molar-refractivity contribution < 1.29 is 23.5 Å². The van der Waals surface area contributed by atoms with Gasteiger partial charge in [-0.15, -0.1) is 0 Å². The van der Waals surface area contributed by atoms with Crippen LogP contribution in [0.2, 0.25) is 0 Å². The Balaban J connectivity index is 1.97. The number of carboxylic acid groups (broad SMARTS) is 1. The molecule has 1 fully saturated rings. The third-order valence-electron chi connectivity index (χ3n) is 3.07. The zero-order chi connectivity index (χ0) is 15.4. The second-order valence-corrected chi connectivity index (χ2v) is 5.73. The largest absolute Gasteiger partial charge is 0.480 e. The first-order valence-corrected chi connectivity index (χ1v) is 7.42. The van der Waals surface area contributed by atoms with Gasteiger partial charge in [0.1, 0.15) is 6.04 Å². The summed E-state index contributed by atoms with van der Waals surface area (Å²) in [5, 5.41) is 11.5. The molecule has 0 aromatic heterocycles. The summed E-state index contributed by atoms with van der Waals surface area (Å²) >= 11 is 1.52. The fourth-order valence-corrected chi connectivity index (χ4v) is 3.12. The van der Waals surface area contributed by atoms with Crippen LogP contribution in [0.1, 0.15) is 0 Å². The van der Waals surface area contributed by atoms with Crippen LogP contribution >= 0.6 is 11.8 Å². The van der Waals surface area contributed by atoms with E-state index in [1.807, 2.05) is 0 Å². The highest BCUT2D eigenvalue weighted by molar-refractivity contribution is 7.99. The van der Waals surface area contributed by atoms with Crippen molar-refractivity contribution in [1.82, 2.24) is 4.90 Å². The van der Waals surface area contributed by atoms with Gasteiger partial charge in [-0.25, -0.2) is 8.78 Å². The molecule has 0 aliphatic carbocycles. The summed E-state index contributed by atoms with van der Waals surface area (Å²) in [6, 6.07) is 2.34. The van der Waals surface area contributed by atoms with Crippen LogP contribution in [0, 0.1) is 11.6 Å². The van der Waals surface area contributed by atoms with E-state index in [1.165, 1.54) is 17.8 Å². The lowest BCUT2D eigenvalue weighted by atomic mass is 10.2. The van der Waals surface area contributed by atoms with Gasteiger partial charge in [0, 0.05) is 29.8 Å². The summed E-state index contributed by atoms with van der Waals surface area (Å²) in [6.07, 6.45) is 0. The van der Waals surface area contributed by atoms with Gasteiger partial charge < -0.3 is 10.4 Å². The second kappa shape index (κ2) is 6.86. The van der Waals surface area contributed by atoms with Gasteiger partial charge in [0.25, 0.3) is 0 Å². The SMILES string of the molecule is O=C(CN1CCSCC1C(=O)O)Nc1ccc(F)c(F)c1. The first-order valence-electron chi connectivity index (χ1n) is 6.27. The minimum atomic E-state index is -1.05. The van der Waals surface area contributed by atoms with E-state index in [1.54, 1.807) is 4.90 Å². The van der Waals surface area contributed by atoms with Crippen LogP contribution in [-0.4, -0.2) is 52.5 Å². The number of aliphatic carboxylic acids is 1. The van der Waals surface area contributed by atoms with E-state index in [4.69, 9.17) is 5.11 Å². The zero-order valence-electron chi connectivity index (χ0n) is 11.0. The average molecular weight is 316 g/mol.